The molecule has 1 heterocycles. The van der Waals surface area contributed by atoms with E-state index >= 15 is 0 Å². The molecule has 0 saturated heterocycles. The zero-order valence-corrected chi connectivity index (χ0v) is 11.4. The zero-order valence-electron chi connectivity index (χ0n) is 9.81. The summed E-state index contributed by atoms with van der Waals surface area (Å²) in [4.78, 5) is 0.302. The van der Waals surface area contributed by atoms with Gasteiger partial charge in [-0.05, 0) is 24.5 Å². The molecule has 0 amide bonds. The number of hydrogen-bond donors (Lipinski definition) is 0. The fourth-order valence-electron chi connectivity index (χ4n) is 1.24. The summed E-state index contributed by atoms with van der Waals surface area (Å²) in [5.74, 6) is 0.242. The number of ether oxygens (including phenoxy) is 1. The molecule has 4 nitrogen and oxygen atoms in total. The first kappa shape index (κ1) is 13.9. The molecule has 0 bridgehead atoms. The smallest absolute Gasteiger partial charge is 0.230 e. The molecule has 0 aliphatic carbocycles. The van der Waals surface area contributed by atoms with Crippen LogP contribution in [0.1, 0.15) is 30.7 Å². The van der Waals surface area contributed by atoms with Crippen LogP contribution in [0.3, 0.4) is 0 Å². The quantitative estimate of drug-likeness (QED) is 0.785. The minimum atomic E-state index is -1.27. The van der Waals surface area contributed by atoms with E-state index in [2.05, 4.69) is 0 Å². The molecule has 17 heavy (non-hydrogen) atoms. The van der Waals surface area contributed by atoms with Crippen molar-refractivity contribution in [3.05, 3.63) is 10.4 Å². The maximum absolute atomic E-state index is 12.2. The maximum atomic E-state index is 12.2. The number of methoxy groups -OCH3 is 1. The van der Waals surface area contributed by atoms with Crippen LogP contribution in [0.25, 0.3) is 0 Å². The van der Waals surface area contributed by atoms with Crippen LogP contribution in [0.4, 0.5) is 0 Å². The Morgan fingerprint density at radius 3 is 2.53 bits per heavy atom. The van der Waals surface area contributed by atoms with Gasteiger partial charge in [0.1, 0.15) is 17.4 Å². The van der Waals surface area contributed by atoms with Gasteiger partial charge >= 0.3 is 0 Å². The van der Waals surface area contributed by atoms with E-state index in [0.717, 1.165) is 17.8 Å². The number of hydrogen-bond acceptors (Lipinski definition) is 5. The summed E-state index contributed by atoms with van der Waals surface area (Å²) < 4.78 is 17.6. The molecular formula is C11H12N2O2S2. The predicted octanol–water partition coefficient (Wildman–Crippen LogP) is 2.41. The van der Waals surface area contributed by atoms with Crippen molar-refractivity contribution >= 4 is 22.5 Å². The van der Waals surface area contributed by atoms with E-state index in [1.165, 1.54) is 7.11 Å². The summed E-state index contributed by atoms with van der Waals surface area (Å²) in [6, 6.07) is 3.93. The SMILES string of the molecule is CCC(C)[S+]([O-])c1sc(C#N)c(OC)c1C#N. The van der Waals surface area contributed by atoms with E-state index in [4.69, 9.17) is 15.3 Å². The lowest BCUT2D eigenvalue weighted by molar-refractivity contribution is 0.413. The van der Waals surface area contributed by atoms with Crippen molar-refractivity contribution in [2.24, 2.45) is 0 Å². The van der Waals surface area contributed by atoms with Crippen LogP contribution in [0.5, 0.6) is 5.75 Å². The minimum Gasteiger partial charge on any atom is -0.611 e. The van der Waals surface area contributed by atoms with Gasteiger partial charge in [-0.2, -0.15) is 10.5 Å². The lowest BCUT2D eigenvalue weighted by atomic mass is 10.3. The first-order valence-corrected chi connectivity index (χ1v) is 7.05. The second-order valence-corrected chi connectivity index (χ2v) is 6.45. The molecule has 0 saturated carbocycles. The third-order valence-corrected chi connectivity index (χ3v) is 5.62. The Bertz CT molecular complexity index is 485. The van der Waals surface area contributed by atoms with Crippen LogP contribution in [-0.4, -0.2) is 16.9 Å². The van der Waals surface area contributed by atoms with Gasteiger partial charge in [-0.15, -0.1) is 0 Å². The summed E-state index contributed by atoms with van der Waals surface area (Å²) in [5, 5.41) is 18.0. The molecule has 0 fully saturated rings. The van der Waals surface area contributed by atoms with E-state index in [1.807, 2.05) is 26.0 Å². The highest BCUT2D eigenvalue weighted by molar-refractivity contribution is 7.94. The van der Waals surface area contributed by atoms with Gasteiger partial charge < -0.3 is 9.29 Å². The van der Waals surface area contributed by atoms with Crippen molar-refractivity contribution in [1.29, 1.82) is 10.5 Å². The summed E-state index contributed by atoms with van der Waals surface area (Å²) in [6.45, 7) is 3.79. The number of rotatable bonds is 4. The van der Waals surface area contributed by atoms with E-state index in [-0.39, 0.29) is 16.6 Å². The Morgan fingerprint density at radius 1 is 1.47 bits per heavy atom. The highest BCUT2D eigenvalue weighted by atomic mass is 32.2. The molecule has 90 valence electrons. The number of thiophene rings is 1. The molecule has 1 aromatic rings. The molecule has 0 aromatic carbocycles. The highest BCUT2D eigenvalue weighted by Gasteiger charge is 2.30. The molecule has 0 aliphatic heterocycles. The molecule has 2 atom stereocenters. The third kappa shape index (κ3) is 2.55. The second-order valence-electron chi connectivity index (χ2n) is 3.37. The van der Waals surface area contributed by atoms with Crippen molar-refractivity contribution in [2.45, 2.75) is 29.7 Å². The monoisotopic (exact) mass is 268 g/mol. The van der Waals surface area contributed by atoms with Gasteiger partial charge in [0.2, 0.25) is 4.21 Å². The second kappa shape index (κ2) is 5.92. The molecule has 6 heteroatoms. The third-order valence-electron chi connectivity index (χ3n) is 2.37. The van der Waals surface area contributed by atoms with Gasteiger partial charge in [0.25, 0.3) is 0 Å². The topological polar surface area (TPSA) is 79.9 Å². The Morgan fingerprint density at radius 2 is 2.12 bits per heavy atom. The van der Waals surface area contributed by atoms with Crippen molar-refractivity contribution in [3.63, 3.8) is 0 Å². The Hall–Kier alpha value is -1.21. The van der Waals surface area contributed by atoms with Gasteiger partial charge in [0.15, 0.2) is 16.2 Å². The van der Waals surface area contributed by atoms with Crippen LogP contribution >= 0.6 is 11.3 Å². The van der Waals surface area contributed by atoms with Crippen LogP contribution in [-0.2, 0) is 11.2 Å². The average molecular weight is 268 g/mol. The molecule has 0 N–H and O–H groups in total. The lowest BCUT2D eigenvalue weighted by Gasteiger charge is -2.14. The zero-order chi connectivity index (χ0) is 13.0. The summed E-state index contributed by atoms with van der Waals surface area (Å²) in [7, 11) is 1.40. The Balaban J connectivity index is 3.31. The summed E-state index contributed by atoms with van der Waals surface area (Å²) >= 11 is -0.189. The molecule has 0 aliphatic rings. The predicted molar refractivity (Wildman–Crippen MR) is 66.5 cm³/mol. The van der Waals surface area contributed by atoms with E-state index in [9.17, 15) is 4.55 Å². The molecular weight excluding hydrogens is 256 g/mol. The van der Waals surface area contributed by atoms with Crippen molar-refractivity contribution in [2.75, 3.05) is 7.11 Å². The van der Waals surface area contributed by atoms with Gasteiger partial charge in [-0.1, -0.05) is 18.3 Å². The largest absolute Gasteiger partial charge is 0.611 e. The Kier molecular flexibility index (Phi) is 4.83. The van der Waals surface area contributed by atoms with Gasteiger partial charge in [0, 0.05) is 0 Å². The van der Waals surface area contributed by atoms with Gasteiger partial charge in [-0.3, -0.25) is 0 Å². The van der Waals surface area contributed by atoms with Crippen molar-refractivity contribution < 1.29 is 9.29 Å². The van der Waals surface area contributed by atoms with E-state index in [1.54, 1.807) is 0 Å². The lowest BCUT2D eigenvalue weighted by Crippen LogP contribution is -2.16. The normalized spacial score (nSPS) is 13.5. The number of nitriles is 2. The highest BCUT2D eigenvalue weighted by Crippen LogP contribution is 2.39. The maximum Gasteiger partial charge on any atom is 0.230 e. The first-order valence-electron chi connectivity index (χ1n) is 5.02. The summed E-state index contributed by atoms with van der Waals surface area (Å²) in [6.07, 6.45) is 0.750. The molecule has 1 rings (SSSR count). The first-order chi connectivity index (χ1) is 8.10. The Labute approximate surface area is 108 Å². The summed E-state index contributed by atoms with van der Waals surface area (Å²) in [5.41, 5.74) is 0.229. The standard InChI is InChI=1S/C11H12N2O2S2/c1-4-7(2)17(14)11-8(5-12)10(15-3)9(6-13)16-11/h7H,4H2,1-3H3. The van der Waals surface area contributed by atoms with Crippen LogP contribution in [0, 0.1) is 22.7 Å². The molecule has 0 spiro atoms. The van der Waals surface area contributed by atoms with E-state index < -0.39 is 11.2 Å². The molecule has 1 aromatic heterocycles. The van der Waals surface area contributed by atoms with Crippen LogP contribution in [0.15, 0.2) is 4.21 Å². The number of nitrogens with zero attached hydrogens (tertiary/aromatic N) is 2. The molecule has 2 unspecified atom stereocenters. The average Bonchev–Trinajstić information content (AvgIpc) is 2.73. The van der Waals surface area contributed by atoms with Crippen LogP contribution < -0.4 is 4.74 Å². The fraction of sp³-hybridized carbons (Fsp3) is 0.455. The van der Waals surface area contributed by atoms with Gasteiger partial charge in [-0.25, -0.2) is 0 Å². The fourth-order valence-corrected chi connectivity index (χ4v) is 4.07. The van der Waals surface area contributed by atoms with Crippen molar-refractivity contribution in [1.82, 2.24) is 0 Å². The molecule has 0 radical (unpaired) electrons. The van der Waals surface area contributed by atoms with Crippen molar-refractivity contribution in [3.8, 4) is 17.9 Å². The van der Waals surface area contributed by atoms with Gasteiger partial charge in [0.05, 0.1) is 7.11 Å². The van der Waals surface area contributed by atoms with Crippen LogP contribution in [0.2, 0.25) is 0 Å². The van der Waals surface area contributed by atoms with E-state index in [0.29, 0.717) is 9.09 Å². The minimum absolute atomic E-state index is 0.0444.